The molecule has 0 saturated carbocycles. The molecule has 1 atom stereocenters. The van der Waals surface area contributed by atoms with E-state index in [1.807, 2.05) is 7.05 Å². The first-order valence-electron chi connectivity index (χ1n) is 7.86. The Morgan fingerprint density at radius 2 is 1.95 bits per heavy atom. The molecule has 1 heterocycles. The van der Waals surface area contributed by atoms with Crippen LogP contribution in [0, 0.1) is 5.92 Å². The highest BCUT2D eigenvalue weighted by molar-refractivity contribution is 5.85. The first kappa shape index (κ1) is 23.2. The van der Waals surface area contributed by atoms with Crippen LogP contribution in [0.4, 0.5) is 0 Å². The Hall–Kier alpha value is -0.0300. The van der Waals surface area contributed by atoms with Gasteiger partial charge in [0.15, 0.2) is 0 Å². The predicted octanol–water partition coefficient (Wildman–Crippen LogP) is 2.46. The van der Waals surface area contributed by atoms with E-state index < -0.39 is 0 Å². The highest BCUT2D eigenvalue weighted by Crippen LogP contribution is 2.15. The minimum absolute atomic E-state index is 0. The largest absolute Gasteiger partial charge is 0.356 e. The summed E-state index contributed by atoms with van der Waals surface area (Å²) in [4.78, 5) is 14.0. The van der Waals surface area contributed by atoms with Crippen LogP contribution in [0.3, 0.4) is 0 Å². The number of halogens is 2. The van der Waals surface area contributed by atoms with Gasteiger partial charge in [0.1, 0.15) is 0 Å². The SMILES string of the molecule is CNCCCC(=O)NCCCCN1CCCC(C)C1.Cl.Cl. The Kier molecular flexibility index (Phi) is 16.5. The van der Waals surface area contributed by atoms with E-state index in [0.29, 0.717) is 6.42 Å². The molecule has 0 spiro atoms. The van der Waals surface area contributed by atoms with Gasteiger partial charge in [-0.2, -0.15) is 0 Å². The zero-order valence-electron chi connectivity index (χ0n) is 13.5. The molecule has 0 aromatic carbocycles. The fraction of sp³-hybridized carbons (Fsp3) is 0.933. The molecule has 1 aliphatic heterocycles. The van der Waals surface area contributed by atoms with Gasteiger partial charge in [0.05, 0.1) is 0 Å². The average Bonchev–Trinajstić information content (AvgIpc) is 2.39. The van der Waals surface area contributed by atoms with Crippen LogP contribution in [0.25, 0.3) is 0 Å². The van der Waals surface area contributed by atoms with Crippen molar-refractivity contribution in [3.8, 4) is 0 Å². The Balaban J connectivity index is 0. The van der Waals surface area contributed by atoms with Crippen LogP contribution in [-0.4, -0.2) is 50.6 Å². The van der Waals surface area contributed by atoms with Crippen molar-refractivity contribution in [1.29, 1.82) is 0 Å². The molecular weight excluding hydrogens is 309 g/mol. The van der Waals surface area contributed by atoms with E-state index in [-0.39, 0.29) is 30.7 Å². The molecule has 1 saturated heterocycles. The maximum absolute atomic E-state index is 11.5. The summed E-state index contributed by atoms with van der Waals surface area (Å²) in [7, 11) is 1.92. The molecule has 21 heavy (non-hydrogen) atoms. The number of amides is 1. The number of unbranched alkanes of at least 4 members (excludes halogenated alkanes) is 1. The summed E-state index contributed by atoms with van der Waals surface area (Å²) in [5, 5.41) is 6.06. The molecule has 6 heteroatoms. The Morgan fingerprint density at radius 3 is 2.62 bits per heavy atom. The highest BCUT2D eigenvalue weighted by atomic mass is 35.5. The molecule has 0 radical (unpaired) electrons. The molecule has 128 valence electrons. The summed E-state index contributed by atoms with van der Waals surface area (Å²) in [6, 6.07) is 0. The molecule has 1 rings (SSSR count). The van der Waals surface area contributed by atoms with Gasteiger partial charge in [0, 0.05) is 19.5 Å². The van der Waals surface area contributed by atoms with Gasteiger partial charge in [0.2, 0.25) is 5.91 Å². The Bertz CT molecular complexity index is 255. The van der Waals surface area contributed by atoms with E-state index in [1.54, 1.807) is 0 Å². The van der Waals surface area contributed by atoms with Crippen molar-refractivity contribution in [2.75, 3.05) is 39.8 Å². The van der Waals surface area contributed by atoms with E-state index in [2.05, 4.69) is 22.5 Å². The summed E-state index contributed by atoms with van der Waals surface area (Å²) in [5.41, 5.74) is 0. The topological polar surface area (TPSA) is 44.4 Å². The van der Waals surface area contributed by atoms with Gasteiger partial charge in [-0.3, -0.25) is 4.79 Å². The third kappa shape index (κ3) is 12.2. The van der Waals surface area contributed by atoms with Crippen LogP contribution in [0.1, 0.15) is 45.4 Å². The zero-order valence-corrected chi connectivity index (χ0v) is 15.2. The fourth-order valence-electron chi connectivity index (χ4n) is 2.69. The van der Waals surface area contributed by atoms with Crippen LogP contribution in [0.2, 0.25) is 0 Å². The molecule has 0 aliphatic carbocycles. The third-order valence-electron chi connectivity index (χ3n) is 3.80. The molecule has 4 nitrogen and oxygen atoms in total. The average molecular weight is 342 g/mol. The first-order valence-corrected chi connectivity index (χ1v) is 7.86. The minimum atomic E-state index is 0. The van der Waals surface area contributed by atoms with Gasteiger partial charge in [0.25, 0.3) is 0 Å². The number of carbonyl (C=O) groups is 1. The van der Waals surface area contributed by atoms with Crippen molar-refractivity contribution in [3.63, 3.8) is 0 Å². The molecule has 0 bridgehead atoms. The lowest BCUT2D eigenvalue weighted by atomic mass is 10.0. The van der Waals surface area contributed by atoms with E-state index >= 15 is 0 Å². The number of hydrogen-bond donors (Lipinski definition) is 2. The van der Waals surface area contributed by atoms with Crippen LogP contribution in [0.5, 0.6) is 0 Å². The number of piperidine rings is 1. The van der Waals surface area contributed by atoms with Crippen molar-refractivity contribution in [2.24, 2.45) is 5.92 Å². The van der Waals surface area contributed by atoms with Crippen molar-refractivity contribution in [3.05, 3.63) is 0 Å². The van der Waals surface area contributed by atoms with Crippen molar-refractivity contribution < 1.29 is 4.79 Å². The maximum atomic E-state index is 11.5. The van der Waals surface area contributed by atoms with Crippen LogP contribution in [-0.2, 0) is 4.79 Å². The second-order valence-corrected chi connectivity index (χ2v) is 5.81. The number of carbonyl (C=O) groups excluding carboxylic acids is 1. The van der Waals surface area contributed by atoms with Gasteiger partial charge in [-0.05, 0) is 64.7 Å². The lowest BCUT2D eigenvalue weighted by Crippen LogP contribution is -2.35. The van der Waals surface area contributed by atoms with Crippen LogP contribution in [0.15, 0.2) is 0 Å². The van der Waals surface area contributed by atoms with Gasteiger partial charge in [-0.25, -0.2) is 0 Å². The van der Waals surface area contributed by atoms with Crippen molar-refractivity contribution in [1.82, 2.24) is 15.5 Å². The third-order valence-corrected chi connectivity index (χ3v) is 3.80. The predicted molar refractivity (Wildman–Crippen MR) is 94.7 cm³/mol. The van der Waals surface area contributed by atoms with Gasteiger partial charge in [-0.15, -0.1) is 24.8 Å². The standard InChI is InChI=1S/C15H31N3O.2ClH/c1-14-7-6-12-18(13-14)11-4-3-10-17-15(19)8-5-9-16-2;;/h14,16H,3-13H2,1-2H3,(H,17,19);2*1H. The van der Waals surface area contributed by atoms with Crippen molar-refractivity contribution >= 4 is 30.7 Å². The number of likely N-dealkylation sites (tertiary alicyclic amines) is 1. The zero-order chi connectivity index (χ0) is 13.9. The Morgan fingerprint density at radius 1 is 1.19 bits per heavy atom. The first-order chi connectivity index (χ1) is 9.22. The molecule has 1 aliphatic rings. The molecule has 1 amide bonds. The Labute approximate surface area is 142 Å². The van der Waals surface area contributed by atoms with E-state index in [0.717, 1.165) is 31.8 Å². The molecule has 2 N–H and O–H groups in total. The van der Waals surface area contributed by atoms with E-state index in [1.165, 1.54) is 38.9 Å². The minimum Gasteiger partial charge on any atom is -0.356 e. The molecule has 0 aromatic heterocycles. The second-order valence-electron chi connectivity index (χ2n) is 5.81. The maximum Gasteiger partial charge on any atom is 0.220 e. The van der Waals surface area contributed by atoms with E-state index in [4.69, 9.17) is 0 Å². The number of nitrogens with zero attached hydrogens (tertiary/aromatic N) is 1. The smallest absolute Gasteiger partial charge is 0.220 e. The summed E-state index contributed by atoms with van der Waals surface area (Å²) in [6.45, 7) is 7.82. The molecule has 0 aromatic rings. The lowest BCUT2D eigenvalue weighted by Gasteiger charge is -2.30. The van der Waals surface area contributed by atoms with E-state index in [9.17, 15) is 4.79 Å². The quantitative estimate of drug-likeness (QED) is 0.633. The monoisotopic (exact) mass is 341 g/mol. The normalized spacial score (nSPS) is 18.5. The molecule has 1 fully saturated rings. The number of hydrogen-bond acceptors (Lipinski definition) is 3. The lowest BCUT2D eigenvalue weighted by molar-refractivity contribution is -0.121. The fourth-order valence-corrected chi connectivity index (χ4v) is 2.69. The highest BCUT2D eigenvalue weighted by Gasteiger charge is 2.15. The van der Waals surface area contributed by atoms with Crippen molar-refractivity contribution in [2.45, 2.75) is 45.4 Å². The summed E-state index contributed by atoms with van der Waals surface area (Å²) >= 11 is 0. The van der Waals surface area contributed by atoms with Gasteiger partial charge < -0.3 is 15.5 Å². The van der Waals surface area contributed by atoms with Gasteiger partial charge >= 0.3 is 0 Å². The number of nitrogens with one attached hydrogen (secondary N) is 2. The van der Waals surface area contributed by atoms with Crippen LogP contribution < -0.4 is 10.6 Å². The number of rotatable bonds is 9. The van der Waals surface area contributed by atoms with Crippen LogP contribution >= 0.6 is 24.8 Å². The summed E-state index contributed by atoms with van der Waals surface area (Å²) in [6.07, 6.45) is 6.60. The van der Waals surface area contributed by atoms with Gasteiger partial charge in [-0.1, -0.05) is 6.92 Å². The molecular formula is C15H33Cl2N3O. The second kappa shape index (κ2) is 14.9. The summed E-state index contributed by atoms with van der Waals surface area (Å²) in [5.74, 6) is 1.06. The summed E-state index contributed by atoms with van der Waals surface area (Å²) < 4.78 is 0. The molecule has 1 unspecified atom stereocenters.